The molecule has 3 rings (SSSR count). The molecule has 0 aliphatic heterocycles. The van der Waals surface area contributed by atoms with Crippen molar-refractivity contribution in [3.63, 3.8) is 0 Å². The van der Waals surface area contributed by atoms with E-state index < -0.39 is 0 Å². The normalized spacial score (nSPS) is 18.0. The molecular formula is C17H29IN4S. The molecule has 1 aromatic heterocycles. The summed E-state index contributed by atoms with van der Waals surface area (Å²) >= 11 is 1.84. The number of halogens is 1. The lowest BCUT2D eigenvalue weighted by Gasteiger charge is -2.22. The Morgan fingerprint density at radius 2 is 2.04 bits per heavy atom. The van der Waals surface area contributed by atoms with Crippen LogP contribution in [0.1, 0.15) is 35.4 Å². The topological polar surface area (TPSA) is 39.7 Å². The van der Waals surface area contributed by atoms with Crippen LogP contribution < -0.4 is 10.6 Å². The monoisotopic (exact) mass is 448 g/mol. The van der Waals surface area contributed by atoms with Crippen LogP contribution in [0.15, 0.2) is 17.1 Å². The van der Waals surface area contributed by atoms with Crippen LogP contribution in [0.25, 0.3) is 0 Å². The molecule has 0 atom stereocenters. The van der Waals surface area contributed by atoms with Crippen LogP contribution >= 0.6 is 35.3 Å². The van der Waals surface area contributed by atoms with Crippen LogP contribution in [0.2, 0.25) is 0 Å². The van der Waals surface area contributed by atoms with Gasteiger partial charge in [0.15, 0.2) is 5.96 Å². The molecule has 0 amide bonds. The molecule has 2 aliphatic rings. The number of hydrogen-bond acceptors (Lipinski definition) is 3. The zero-order chi connectivity index (χ0) is 15.4. The quantitative estimate of drug-likeness (QED) is 0.365. The molecule has 0 spiro atoms. The van der Waals surface area contributed by atoms with E-state index in [1.807, 2.05) is 18.4 Å². The van der Waals surface area contributed by atoms with E-state index in [0.29, 0.717) is 0 Å². The third-order valence-electron chi connectivity index (χ3n) is 4.39. The highest BCUT2D eigenvalue weighted by Crippen LogP contribution is 2.34. The number of nitrogens with one attached hydrogen (secondary N) is 2. The average Bonchev–Trinajstić information content (AvgIpc) is 3.41. The Bertz CT molecular complexity index is 508. The maximum absolute atomic E-state index is 4.32. The molecule has 0 aromatic carbocycles. The molecule has 130 valence electrons. The van der Waals surface area contributed by atoms with E-state index in [-0.39, 0.29) is 24.0 Å². The largest absolute Gasteiger partial charge is 0.355 e. The van der Waals surface area contributed by atoms with Crippen LogP contribution in [0.4, 0.5) is 0 Å². The Labute approximate surface area is 161 Å². The van der Waals surface area contributed by atoms with Gasteiger partial charge in [0.2, 0.25) is 0 Å². The minimum atomic E-state index is 0. The highest BCUT2D eigenvalue weighted by molar-refractivity contribution is 14.0. The molecule has 0 saturated heterocycles. The first kappa shape index (κ1) is 19.0. The maximum Gasteiger partial charge on any atom is 0.191 e. The Kier molecular flexibility index (Phi) is 7.62. The second-order valence-corrected chi connectivity index (χ2v) is 7.91. The Hall–Kier alpha value is -0.340. The van der Waals surface area contributed by atoms with Crippen LogP contribution in [0.3, 0.4) is 0 Å². The molecule has 0 radical (unpaired) electrons. The van der Waals surface area contributed by atoms with Crippen molar-refractivity contribution >= 4 is 41.3 Å². The highest BCUT2D eigenvalue weighted by Gasteiger charge is 2.33. The first-order valence-corrected chi connectivity index (χ1v) is 9.30. The molecule has 4 nitrogen and oxygen atoms in total. The van der Waals surface area contributed by atoms with Gasteiger partial charge in [-0.1, -0.05) is 0 Å². The predicted molar refractivity (Wildman–Crippen MR) is 110 cm³/mol. The number of thiophene rings is 1. The third kappa shape index (κ3) is 6.58. The van der Waals surface area contributed by atoms with Gasteiger partial charge in [-0.15, -0.1) is 35.3 Å². The summed E-state index contributed by atoms with van der Waals surface area (Å²) in [5.41, 5.74) is 0. The summed E-state index contributed by atoms with van der Waals surface area (Å²) < 4.78 is 0. The van der Waals surface area contributed by atoms with Gasteiger partial charge in [-0.05, 0) is 50.7 Å². The van der Waals surface area contributed by atoms with Gasteiger partial charge in [0, 0.05) is 42.5 Å². The van der Waals surface area contributed by atoms with Crippen LogP contribution in [0.5, 0.6) is 0 Å². The number of hydrogen-bond donors (Lipinski definition) is 2. The van der Waals surface area contributed by atoms with Gasteiger partial charge in [-0.3, -0.25) is 9.89 Å². The predicted octanol–water partition coefficient (Wildman–Crippen LogP) is 3.21. The van der Waals surface area contributed by atoms with E-state index in [1.54, 1.807) is 0 Å². The summed E-state index contributed by atoms with van der Waals surface area (Å²) in [6, 6.07) is 5.22. The zero-order valence-electron chi connectivity index (χ0n) is 14.2. The number of aryl methyl sites for hydroxylation is 1. The van der Waals surface area contributed by atoms with Gasteiger partial charge in [0.05, 0.1) is 6.54 Å². The van der Waals surface area contributed by atoms with Crippen LogP contribution in [0, 0.1) is 12.8 Å². The number of rotatable bonds is 8. The fourth-order valence-corrected chi connectivity index (χ4v) is 3.61. The molecular weight excluding hydrogens is 419 g/mol. The fourth-order valence-electron chi connectivity index (χ4n) is 2.78. The van der Waals surface area contributed by atoms with Crippen LogP contribution in [-0.4, -0.2) is 43.6 Å². The van der Waals surface area contributed by atoms with Crippen molar-refractivity contribution in [3.05, 3.63) is 21.9 Å². The van der Waals surface area contributed by atoms with Gasteiger partial charge in [0.25, 0.3) is 0 Å². The zero-order valence-corrected chi connectivity index (χ0v) is 17.3. The van der Waals surface area contributed by atoms with E-state index in [4.69, 9.17) is 0 Å². The Balaban J connectivity index is 0.00000192. The van der Waals surface area contributed by atoms with Gasteiger partial charge in [-0.2, -0.15) is 0 Å². The Morgan fingerprint density at radius 1 is 1.26 bits per heavy atom. The lowest BCUT2D eigenvalue weighted by atomic mass is 10.3. The average molecular weight is 448 g/mol. The van der Waals surface area contributed by atoms with Gasteiger partial charge >= 0.3 is 0 Å². The summed E-state index contributed by atoms with van der Waals surface area (Å²) in [6.45, 7) is 6.43. The Morgan fingerprint density at radius 3 is 2.61 bits per heavy atom. The lowest BCUT2D eigenvalue weighted by Crippen LogP contribution is -2.42. The summed E-state index contributed by atoms with van der Waals surface area (Å²) in [5.74, 6) is 1.90. The van der Waals surface area contributed by atoms with Crippen molar-refractivity contribution in [2.45, 2.75) is 45.2 Å². The summed E-state index contributed by atoms with van der Waals surface area (Å²) in [7, 11) is 1.85. The molecule has 0 bridgehead atoms. The molecule has 2 N–H and O–H groups in total. The molecule has 2 saturated carbocycles. The number of aliphatic imine (C=N–C) groups is 1. The van der Waals surface area contributed by atoms with Crippen molar-refractivity contribution in [2.75, 3.05) is 26.7 Å². The molecule has 0 unspecified atom stereocenters. The fraction of sp³-hybridized carbons (Fsp3) is 0.706. The summed E-state index contributed by atoms with van der Waals surface area (Å²) in [4.78, 5) is 9.72. The van der Waals surface area contributed by atoms with Crippen molar-refractivity contribution in [1.82, 2.24) is 15.5 Å². The summed E-state index contributed by atoms with van der Waals surface area (Å²) in [6.07, 6.45) is 5.69. The van der Waals surface area contributed by atoms with E-state index in [9.17, 15) is 0 Å². The first-order valence-electron chi connectivity index (χ1n) is 8.48. The SMILES string of the molecule is CN=C(NCCN(CC1CC1)C1CC1)NCc1ccc(C)s1.I. The minimum Gasteiger partial charge on any atom is -0.355 e. The van der Waals surface area contributed by atoms with Gasteiger partial charge in [-0.25, -0.2) is 0 Å². The summed E-state index contributed by atoms with van der Waals surface area (Å²) in [5, 5.41) is 6.86. The molecule has 1 heterocycles. The van der Waals surface area contributed by atoms with Crippen molar-refractivity contribution in [3.8, 4) is 0 Å². The second-order valence-electron chi connectivity index (χ2n) is 6.53. The molecule has 1 aromatic rings. The highest BCUT2D eigenvalue weighted by atomic mass is 127. The maximum atomic E-state index is 4.32. The van der Waals surface area contributed by atoms with Crippen molar-refractivity contribution in [2.24, 2.45) is 10.9 Å². The molecule has 23 heavy (non-hydrogen) atoms. The van der Waals surface area contributed by atoms with E-state index in [0.717, 1.165) is 37.6 Å². The number of nitrogens with zero attached hydrogens (tertiary/aromatic N) is 2. The van der Waals surface area contributed by atoms with Crippen molar-refractivity contribution in [1.29, 1.82) is 0 Å². The van der Waals surface area contributed by atoms with E-state index in [2.05, 4.69) is 39.6 Å². The van der Waals surface area contributed by atoms with Gasteiger partial charge in [0.1, 0.15) is 0 Å². The first-order chi connectivity index (χ1) is 10.7. The standard InChI is InChI=1S/C17H28N4S.HI/c1-13-3-8-16(22-13)11-20-17(18-2)19-9-10-21(15-6-7-15)12-14-4-5-14;/h3,8,14-15H,4-7,9-12H2,1-2H3,(H2,18,19,20);1H. The second kappa shape index (κ2) is 9.22. The minimum absolute atomic E-state index is 0. The third-order valence-corrected chi connectivity index (χ3v) is 5.39. The smallest absolute Gasteiger partial charge is 0.191 e. The molecule has 6 heteroatoms. The van der Waals surface area contributed by atoms with Crippen molar-refractivity contribution < 1.29 is 0 Å². The van der Waals surface area contributed by atoms with E-state index >= 15 is 0 Å². The van der Waals surface area contributed by atoms with Crippen LogP contribution in [-0.2, 0) is 6.54 Å². The van der Waals surface area contributed by atoms with E-state index in [1.165, 1.54) is 42.0 Å². The van der Waals surface area contributed by atoms with Gasteiger partial charge < -0.3 is 10.6 Å². The number of guanidine groups is 1. The molecule has 2 aliphatic carbocycles. The lowest BCUT2D eigenvalue weighted by molar-refractivity contribution is 0.256. The molecule has 2 fully saturated rings.